The second-order valence-corrected chi connectivity index (χ2v) is 5.10. The molecule has 0 aromatic heterocycles. The van der Waals surface area contributed by atoms with Gasteiger partial charge < -0.3 is 15.2 Å². The first-order valence-corrected chi connectivity index (χ1v) is 6.89. The van der Waals surface area contributed by atoms with E-state index in [9.17, 15) is 9.50 Å². The maximum Gasteiger partial charge on any atom is 0.160 e. The van der Waals surface area contributed by atoms with Gasteiger partial charge in [0.15, 0.2) is 11.5 Å². The summed E-state index contributed by atoms with van der Waals surface area (Å²) in [6.45, 7) is 4.00. The van der Waals surface area contributed by atoms with Gasteiger partial charge in [0.05, 0.1) is 7.11 Å². The van der Waals surface area contributed by atoms with Crippen LogP contribution in [-0.4, -0.2) is 12.2 Å². The molecule has 2 aromatic rings. The Morgan fingerprint density at radius 3 is 2.33 bits per heavy atom. The number of nitrogens with one attached hydrogen (secondary N) is 1. The third kappa shape index (κ3) is 3.73. The number of aromatic hydroxyl groups is 1. The molecule has 0 aliphatic heterocycles. The molecular weight excluding hydrogens is 269 g/mol. The van der Waals surface area contributed by atoms with Crippen LogP contribution in [-0.2, 0) is 0 Å². The van der Waals surface area contributed by atoms with E-state index in [1.165, 1.54) is 19.2 Å². The van der Waals surface area contributed by atoms with E-state index < -0.39 is 0 Å². The fourth-order valence-corrected chi connectivity index (χ4v) is 2.31. The van der Waals surface area contributed by atoms with Gasteiger partial charge >= 0.3 is 0 Å². The van der Waals surface area contributed by atoms with Crippen molar-refractivity contribution in [2.45, 2.75) is 25.9 Å². The van der Waals surface area contributed by atoms with Crippen LogP contribution in [0.2, 0.25) is 0 Å². The van der Waals surface area contributed by atoms with Crippen molar-refractivity contribution in [1.82, 2.24) is 5.32 Å². The van der Waals surface area contributed by atoms with Crippen LogP contribution in [0.1, 0.15) is 37.1 Å². The van der Waals surface area contributed by atoms with Gasteiger partial charge in [-0.3, -0.25) is 0 Å². The zero-order valence-corrected chi connectivity index (χ0v) is 12.4. The molecule has 2 N–H and O–H groups in total. The van der Waals surface area contributed by atoms with Gasteiger partial charge in [-0.1, -0.05) is 18.2 Å². The molecule has 0 spiro atoms. The lowest BCUT2D eigenvalue weighted by molar-refractivity contribution is 0.371. The molecule has 0 fully saturated rings. The highest BCUT2D eigenvalue weighted by Crippen LogP contribution is 2.29. The van der Waals surface area contributed by atoms with Crippen LogP contribution in [0.5, 0.6) is 11.5 Å². The van der Waals surface area contributed by atoms with Crippen LogP contribution in [0.3, 0.4) is 0 Å². The lowest BCUT2D eigenvalue weighted by Crippen LogP contribution is -2.22. The number of phenols is 1. The van der Waals surface area contributed by atoms with E-state index in [-0.39, 0.29) is 23.7 Å². The molecule has 0 saturated heterocycles. The molecule has 2 rings (SSSR count). The van der Waals surface area contributed by atoms with Crippen LogP contribution in [0.25, 0.3) is 0 Å². The smallest absolute Gasteiger partial charge is 0.160 e. The van der Waals surface area contributed by atoms with Gasteiger partial charge in [-0.05, 0) is 49.2 Å². The molecule has 0 bridgehead atoms. The fourth-order valence-electron chi connectivity index (χ4n) is 2.31. The molecule has 3 nitrogen and oxygen atoms in total. The van der Waals surface area contributed by atoms with Gasteiger partial charge in [0, 0.05) is 12.1 Å². The maximum absolute atomic E-state index is 13.3. The second kappa shape index (κ2) is 6.59. The third-order valence-electron chi connectivity index (χ3n) is 3.55. The van der Waals surface area contributed by atoms with Gasteiger partial charge in [0.2, 0.25) is 0 Å². The summed E-state index contributed by atoms with van der Waals surface area (Å²) >= 11 is 0. The van der Waals surface area contributed by atoms with E-state index in [1.807, 2.05) is 26.0 Å². The van der Waals surface area contributed by atoms with Crippen molar-refractivity contribution >= 4 is 0 Å². The summed E-state index contributed by atoms with van der Waals surface area (Å²) in [6.07, 6.45) is 0. The quantitative estimate of drug-likeness (QED) is 0.875. The normalized spacial score (nSPS) is 13.7. The number of hydrogen-bond acceptors (Lipinski definition) is 3. The third-order valence-corrected chi connectivity index (χ3v) is 3.55. The number of rotatable bonds is 5. The predicted octanol–water partition coefficient (Wildman–Crippen LogP) is 3.95. The van der Waals surface area contributed by atoms with E-state index in [0.29, 0.717) is 5.75 Å². The van der Waals surface area contributed by atoms with E-state index >= 15 is 0 Å². The number of halogens is 1. The highest BCUT2D eigenvalue weighted by Gasteiger charge is 2.13. The molecule has 2 aromatic carbocycles. The zero-order valence-electron chi connectivity index (χ0n) is 12.4. The summed E-state index contributed by atoms with van der Waals surface area (Å²) in [6, 6.07) is 11.9. The summed E-state index contributed by atoms with van der Waals surface area (Å²) < 4.78 is 18.4. The summed E-state index contributed by atoms with van der Waals surface area (Å²) in [5.41, 5.74) is 1.89. The lowest BCUT2D eigenvalue weighted by atomic mass is 10.0. The molecule has 0 amide bonds. The topological polar surface area (TPSA) is 41.5 Å². The molecule has 0 radical (unpaired) electrons. The lowest BCUT2D eigenvalue weighted by Gasteiger charge is -2.21. The van der Waals surface area contributed by atoms with Crippen molar-refractivity contribution in [1.29, 1.82) is 0 Å². The monoisotopic (exact) mass is 289 g/mol. The van der Waals surface area contributed by atoms with Gasteiger partial charge in [-0.15, -0.1) is 0 Å². The van der Waals surface area contributed by atoms with Crippen molar-refractivity contribution in [3.8, 4) is 11.5 Å². The first-order chi connectivity index (χ1) is 10.0. The van der Waals surface area contributed by atoms with Crippen molar-refractivity contribution in [3.05, 3.63) is 59.4 Å². The Bertz CT molecular complexity index is 615. The van der Waals surface area contributed by atoms with Crippen LogP contribution in [0.4, 0.5) is 4.39 Å². The predicted molar refractivity (Wildman–Crippen MR) is 81.0 cm³/mol. The average Bonchev–Trinajstić information content (AvgIpc) is 2.47. The van der Waals surface area contributed by atoms with E-state index in [4.69, 9.17) is 4.74 Å². The largest absolute Gasteiger partial charge is 0.504 e. The Labute approximate surface area is 124 Å². The molecule has 21 heavy (non-hydrogen) atoms. The van der Waals surface area contributed by atoms with Gasteiger partial charge in [-0.2, -0.15) is 0 Å². The molecular formula is C17H20FNO2. The number of ether oxygens (including phenoxy) is 1. The van der Waals surface area contributed by atoms with E-state index in [2.05, 4.69) is 5.32 Å². The minimum Gasteiger partial charge on any atom is -0.504 e. The summed E-state index contributed by atoms with van der Waals surface area (Å²) in [5, 5.41) is 13.0. The number of benzene rings is 2. The molecule has 0 aliphatic rings. The number of methoxy groups -OCH3 is 1. The SMILES string of the molecule is COc1cc(C(C)NC(C)c2cccc(F)c2)ccc1O. The Balaban J connectivity index is 2.12. The summed E-state index contributed by atoms with van der Waals surface area (Å²) in [5.74, 6) is 0.325. The van der Waals surface area contributed by atoms with Gasteiger partial charge in [0.1, 0.15) is 5.82 Å². The molecule has 0 saturated carbocycles. The zero-order chi connectivity index (χ0) is 15.4. The molecule has 4 heteroatoms. The minimum atomic E-state index is -0.236. The highest BCUT2D eigenvalue weighted by atomic mass is 19.1. The van der Waals surface area contributed by atoms with Crippen molar-refractivity contribution in [3.63, 3.8) is 0 Å². The van der Waals surface area contributed by atoms with E-state index in [1.54, 1.807) is 18.2 Å². The first-order valence-electron chi connectivity index (χ1n) is 6.89. The standard InChI is InChI=1S/C17H20FNO2/c1-11(13-5-4-6-15(18)9-13)19-12(2)14-7-8-16(20)17(10-14)21-3/h4-12,19-20H,1-3H3. The van der Waals surface area contributed by atoms with Crippen LogP contribution in [0.15, 0.2) is 42.5 Å². The second-order valence-electron chi connectivity index (χ2n) is 5.10. The van der Waals surface area contributed by atoms with Crippen molar-refractivity contribution < 1.29 is 14.2 Å². The highest BCUT2D eigenvalue weighted by molar-refractivity contribution is 5.42. The summed E-state index contributed by atoms with van der Waals surface area (Å²) in [4.78, 5) is 0. The first kappa shape index (κ1) is 15.3. The fraction of sp³-hybridized carbons (Fsp3) is 0.294. The van der Waals surface area contributed by atoms with Gasteiger partial charge in [0.25, 0.3) is 0 Å². The molecule has 2 unspecified atom stereocenters. The Hall–Kier alpha value is -2.07. The van der Waals surface area contributed by atoms with Gasteiger partial charge in [-0.25, -0.2) is 4.39 Å². The van der Waals surface area contributed by atoms with Crippen LogP contribution >= 0.6 is 0 Å². The Morgan fingerprint density at radius 1 is 1.05 bits per heavy atom. The molecule has 2 atom stereocenters. The van der Waals surface area contributed by atoms with Crippen LogP contribution in [0, 0.1) is 5.82 Å². The van der Waals surface area contributed by atoms with Crippen molar-refractivity contribution in [2.75, 3.05) is 7.11 Å². The minimum absolute atomic E-state index is 0.00972. The number of phenolic OH excluding ortho intramolecular Hbond substituents is 1. The maximum atomic E-state index is 13.3. The average molecular weight is 289 g/mol. The molecule has 0 aliphatic carbocycles. The number of hydrogen-bond donors (Lipinski definition) is 2. The van der Waals surface area contributed by atoms with Crippen molar-refractivity contribution in [2.24, 2.45) is 0 Å². The molecule has 112 valence electrons. The molecule has 0 heterocycles. The Kier molecular flexibility index (Phi) is 4.81. The van der Waals surface area contributed by atoms with Crippen LogP contribution < -0.4 is 10.1 Å². The Morgan fingerprint density at radius 2 is 1.71 bits per heavy atom. The van der Waals surface area contributed by atoms with E-state index in [0.717, 1.165) is 11.1 Å². The summed E-state index contributed by atoms with van der Waals surface area (Å²) in [7, 11) is 1.52.